The second-order valence-electron chi connectivity index (χ2n) is 5.08. The van der Waals surface area contributed by atoms with Crippen LogP contribution in [0.2, 0.25) is 0 Å². The van der Waals surface area contributed by atoms with E-state index in [4.69, 9.17) is 10.5 Å². The Labute approximate surface area is 127 Å². The number of ether oxygens (including phenoxy) is 1. The van der Waals surface area contributed by atoms with Crippen LogP contribution in [0.25, 0.3) is 0 Å². The highest BCUT2D eigenvalue weighted by Crippen LogP contribution is 2.10. The summed E-state index contributed by atoms with van der Waals surface area (Å²) < 4.78 is 5.66. The summed E-state index contributed by atoms with van der Waals surface area (Å²) in [5.74, 6) is 0. The molecular formula is C18H24N2O. The van der Waals surface area contributed by atoms with Gasteiger partial charge in [0.05, 0.1) is 6.61 Å². The molecule has 3 N–H and O–H groups in total. The zero-order chi connectivity index (χ0) is 14.8. The predicted octanol–water partition coefficient (Wildman–Crippen LogP) is 3.55. The summed E-state index contributed by atoms with van der Waals surface area (Å²) in [4.78, 5) is 0. The summed E-state index contributed by atoms with van der Waals surface area (Å²) in [6.45, 7) is 3.05. The molecule has 2 aromatic rings. The Morgan fingerprint density at radius 2 is 1.71 bits per heavy atom. The van der Waals surface area contributed by atoms with E-state index < -0.39 is 0 Å². The van der Waals surface area contributed by atoms with Crippen molar-refractivity contribution in [2.45, 2.75) is 26.0 Å². The van der Waals surface area contributed by atoms with Gasteiger partial charge in [0.1, 0.15) is 0 Å². The van der Waals surface area contributed by atoms with Crippen LogP contribution in [0.15, 0.2) is 54.6 Å². The third-order valence-corrected chi connectivity index (χ3v) is 3.32. The SMILES string of the molecule is NCc1cccc(NCCCCOCc2ccccc2)c1. The normalized spacial score (nSPS) is 10.5. The number of nitrogens with two attached hydrogens (primary N) is 1. The van der Waals surface area contributed by atoms with Crippen molar-refractivity contribution in [3.63, 3.8) is 0 Å². The van der Waals surface area contributed by atoms with Gasteiger partial charge in [0.25, 0.3) is 0 Å². The second-order valence-corrected chi connectivity index (χ2v) is 5.08. The van der Waals surface area contributed by atoms with Crippen molar-refractivity contribution < 1.29 is 4.74 Å². The molecule has 0 unspecified atom stereocenters. The van der Waals surface area contributed by atoms with E-state index in [1.54, 1.807) is 0 Å². The average Bonchev–Trinajstić information content (AvgIpc) is 2.55. The zero-order valence-corrected chi connectivity index (χ0v) is 12.4. The molecule has 0 amide bonds. The smallest absolute Gasteiger partial charge is 0.0716 e. The summed E-state index contributed by atoms with van der Waals surface area (Å²) in [5.41, 5.74) is 9.16. The molecule has 0 saturated heterocycles. The number of rotatable bonds is 9. The molecule has 0 atom stereocenters. The maximum atomic E-state index is 5.66. The second kappa shape index (κ2) is 9.16. The molecule has 0 aliphatic carbocycles. The number of anilines is 1. The average molecular weight is 284 g/mol. The summed E-state index contributed by atoms with van der Waals surface area (Å²) in [6.07, 6.45) is 2.16. The molecule has 0 saturated carbocycles. The summed E-state index contributed by atoms with van der Waals surface area (Å²) in [5, 5.41) is 3.42. The fourth-order valence-corrected chi connectivity index (χ4v) is 2.13. The molecule has 2 aromatic carbocycles. The molecule has 0 spiro atoms. The molecule has 3 nitrogen and oxygen atoms in total. The van der Waals surface area contributed by atoms with Gasteiger partial charge in [0.2, 0.25) is 0 Å². The summed E-state index contributed by atoms with van der Waals surface area (Å²) in [7, 11) is 0. The Bertz CT molecular complexity index is 514. The fraction of sp³-hybridized carbons (Fsp3) is 0.333. The molecule has 3 heteroatoms. The molecule has 112 valence electrons. The van der Waals surface area contributed by atoms with Gasteiger partial charge in [-0.05, 0) is 36.1 Å². The first-order chi connectivity index (χ1) is 10.4. The molecule has 21 heavy (non-hydrogen) atoms. The van der Waals surface area contributed by atoms with Gasteiger partial charge in [-0.3, -0.25) is 0 Å². The van der Waals surface area contributed by atoms with E-state index in [1.165, 1.54) is 5.56 Å². The monoisotopic (exact) mass is 284 g/mol. The summed E-state index contributed by atoms with van der Waals surface area (Å²) >= 11 is 0. The van der Waals surface area contributed by atoms with E-state index >= 15 is 0 Å². The van der Waals surface area contributed by atoms with Crippen molar-refractivity contribution in [2.75, 3.05) is 18.5 Å². The lowest BCUT2D eigenvalue weighted by molar-refractivity contribution is 0.118. The minimum Gasteiger partial charge on any atom is -0.385 e. The van der Waals surface area contributed by atoms with E-state index in [0.29, 0.717) is 13.2 Å². The summed E-state index contributed by atoms with van der Waals surface area (Å²) in [6, 6.07) is 18.5. The maximum absolute atomic E-state index is 5.66. The Hall–Kier alpha value is -1.84. The van der Waals surface area contributed by atoms with Crippen LogP contribution in [0, 0.1) is 0 Å². The van der Waals surface area contributed by atoms with Gasteiger partial charge in [-0.15, -0.1) is 0 Å². The Morgan fingerprint density at radius 3 is 2.52 bits per heavy atom. The molecule has 0 heterocycles. The number of hydrogen-bond acceptors (Lipinski definition) is 3. The van der Waals surface area contributed by atoms with Crippen molar-refractivity contribution in [3.8, 4) is 0 Å². The van der Waals surface area contributed by atoms with Crippen LogP contribution in [-0.4, -0.2) is 13.2 Å². The molecule has 0 radical (unpaired) electrons. The highest BCUT2D eigenvalue weighted by Gasteiger charge is 1.95. The number of hydrogen-bond donors (Lipinski definition) is 2. The van der Waals surface area contributed by atoms with Gasteiger partial charge in [-0.1, -0.05) is 42.5 Å². The lowest BCUT2D eigenvalue weighted by Gasteiger charge is -2.08. The predicted molar refractivity (Wildman–Crippen MR) is 88.2 cm³/mol. The largest absolute Gasteiger partial charge is 0.385 e. The van der Waals surface area contributed by atoms with Crippen LogP contribution in [0.3, 0.4) is 0 Å². The first kappa shape index (κ1) is 15.5. The Morgan fingerprint density at radius 1 is 0.905 bits per heavy atom. The molecule has 0 aliphatic rings. The van der Waals surface area contributed by atoms with E-state index in [2.05, 4.69) is 29.6 Å². The third-order valence-electron chi connectivity index (χ3n) is 3.32. The van der Waals surface area contributed by atoms with E-state index in [0.717, 1.165) is 37.2 Å². The highest BCUT2D eigenvalue weighted by molar-refractivity contribution is 5.45. The van der Waals surface area contributed by atoms with Gasteiger partial charge in [-0.25, -0.2) is 0 Å². The van der Waals surface area contributed by atoms with Crippen LogP contribution in [-0.2, 0) is 17.9 Å². The minimum atomic E-state index is 0.586. The lowest BCUT2D eigenvalue weighted by Crippen LogP contribution is -2.04. The quantitative estimate of drug-likeness (QED) is 0.692. The third kappa shape index (κ3) is 5.98. The standard InChI is InChI=1S/C18H24N2O/c19-14-17-9-6-10-18(13-17)20-11-4-5-12-21-15-16-7-2-1-3-8-16/h1-3,6-10,13,20H,4-5,11-12,14-15,19H2. The van der Waals surface area contributed by atoms with E-state index in [-0.39, 0.29) is 0 Å². The van der Waals surface area contributed by atoms with Crippen molar-refractivity contribution in [3.05, 3.63) is 65.7 Å². The molecule has 0 aromatic heterocycles. The van der Waals surface area contributed by atoms with E-state index in [9.17, 15) is 0 Å². The van der Waals surface area contributed by atoms with E-state index in [1.807, 2.05) is 30.3 Å². The molecule has 2 rings (SSSR count). The Kier molecular flexibility index (Phi) is 6.78. The molecular weight excluding hydrogens is 260 g/mol. The first-order valence-corrected chi connectivity index (χ1v) is 7.53. The molecule has 0 fully saturated rings. The molecule has 0 aliphatic heterocycles. The van der Waals surface area contributed by atoms with Crippen LogP contribution < -0.4 is 11.1 Å². The van der Waals surface area contributed by atoms with Crippen molar-refractivity contribution in [1.29, 1.82) is 0 Å². The van der Waals surface area contributed by atoms with Crippen LogP contribution in [0.5, 0.6) is 0 Å². The number of benzene rings is 2. The minimum absolute atomic E-state index is 0.586. The Balaban J connectivity index is 1.54. The van der Waals surface area contributed by atoms with Crippen LogP contribution in [0.4, 0.5) is 5.69 Å². The van der Waals surface area contributed by atoms with Gasteiger partial charge >= 0.3 is 0 Å². The highest BCUT2D eigenvalue weighted by atomic mass is 16.5. The number of unbranched alkanes of at least 4 members (excludes halogenated alkanes) is 1. The zero-order valence-electron chi connectivity index (χ0n) is 12.4. The first-order valence-electron chi connectivity index (χ1n) is 7.53. The van der Waals surface area contributed by atoms with Crippen molar-refractivity contribution >= 4 is 5.69 Å². The number of nitrogens with one attached hydrogen (secondary N) is 1. The van der Waals surface area contributed by atoms with Gasteiger partial charge in [-0.2, -0.15) is 0 Å². The van der Waals surface area contributed by atoms with Gasteiger partial charge in [0, 0.05) is 25.4 Å². The lowest BCUT2D eigenvalue weighted by atomic mass is 10.2. The van der Waals surface area contributed by atoms with Crippen molar-refractivity contribution in [2.24, 2.45) is 5.73 Å². The van der Waals surface area contributed by atoms with Crippen LogP contribution >= 0.6 is 0 Å². The van der Waals surface area contributed by atoms with Crippen LogP contribution in [0.1, 0.15) is 24.0 Å². The fourth-order valence-electron chi connectivity index (χ4n) is 2.13. The van der Waals surface area contributed by atoms with Gasteiger partial charge in [0.15, 0.2) is 0 Å². The maximum Gasteiger partial charge on any atom is 0.0716 e. The van der Waals surface area contributed by atoms with Gasteiger partial charge < -0.3 is 15.8 Å². The topological polar surface area (TPSA) is 47.3 Å². The van der Waals surface area contributed by atoms with Crippen molar-refractivity contribution in [1.82, 2.24) is 0 Å². The molecule has 0 bridgehead atoms.